The molecule has 132 valence electrons. The summed E-state index contributed by atoms with van der Waals surface area (Å²) in [5, 5.41) is 15.6. The van der Waals surface area contributed by atoms with Gasteiger partial charge >= 0.3 is 6.03 Å². The number of nitrogens with zero attached hydrogens (tertiary/aromatic N) is 1. The third kappa shape index (κ3) is 4.19. The van der Waals surface area contributed by atoms with E-state index in [0.29, 0.717) is 41.3 Å². The fraction of sp³-hybridized carbons (Fsp3) is 0.333. The van der Waals surface area contributed by atoms with Gasteiger partial charge in [0.05, 0.1) is 6.26 Å². The largest absolute Gasteiger partial charge is 0.467 e. The molecule has 0 spiro atoms. The fourth-order valence-corrected chi connectivity index (χ4v) is 2.59. The summed E-state index contributed by atoms with van der Waals surface area (Å²) < 4.78 is 10.7. The van der Waals surface area contributed by atoms with Crippen LogP contribution in [0, 0.1) is 0 Å². The van der Waals surface area contributed by atoms with Crippen LogP contribution in [0.15, 0.2) is 45.4 Å². The van der Waals surface area contributed by atoms with Gasteiger partial charge in [-0.05, 0) is 37.3 Å². The molecule has 0 radical (unpaired) electrons. The predicted octanol–water partition coefficient (Wildman–Crippen LogP) is 3.62. The van der Waals surface area contributed by atoms with Gasteiger partial charge < -0.3 is 24.6 Å². The Bertz CT molecular complexity index is 841. The highest BCUT2D eigenvalue weighted by molar-refractivity contribution is 5.91. The van der Waals surface area contributed by atoms with Crippen LogP contribution in [-0.4, -0.2) is 22.2 Å². The average Bonchev–Trinajstić information content (AvgIpc) is 3.23. The average molecular weight is 343 g/mol. The van der Waals surface area contributed by atoms with E-state index in [1.54, 1.807) is 30.3 Å². The van der Waals surface area contributed by atoms with E-state index in [0.717, 1.165) is 0 Å². The molecular weight excluding hydrogens is 322 g/mol. The van der Waals surface area contributed by atoms with Gasteiger partial charge in [-0.15, -0.1) is 0 Å². The second-order valence-electron chi connectivity index (χ2n) is 5.91. The van der Waals surface area contributed by atoms with Crippen LogP contribution in [0.2, 0.25) is 0 Å². The van der Waals surface area contributed by atoms with Crippen molar-refractivity contribution < 1.29 is 18.7 Å². The van der Waals surface area contributed by atoms with Crippen LogP contribution in [0.25, 0.3) is 11.1 Å². The van der Waals surface area contributed by atoms with E-state index in [1.165, 1.54) is 6.26 Å². The highest BCUT2D eigenvalue weighted by Gasteiger charge is 2.16. The summed E-state index contributed by atoms with van der Waals surface area (Å²) in [5.74, 6) is 1.15. The Labute approximate surface area is 145 Å². The normalized spacial score (nSPS) is 13.6. The molecule has 0 fully saturated rings. The van der Waals surface area contributed by atoms with Gasteiger partial charge in [0.2, 0.25) is 0 Å². The zero-order chi connectivity index (χ0) is 17.8. The van der Waals surface area contributed by atoms with Crippen molar-refractivity contribution in [3.8, 4) is 0 Å². The summed E-state index contributed by atoms with van der Waals surface area (Å²) >= 11 is 0. The number of rotatable bonds is 6. The monoisotopic (exact) mass is 343 g/mol. The fourth-order valence-electron chi connectivity index (χ4n) is 2.59. The lowest BCUT2D eigenvalue weighted by atomic mass is 10.1. The number of aliphatic hydroxyl groups is 1. The molecule has 2 heterocycles. The molecule has 2 aromatic heterocycles. The zero-order valence-corrected chi connectivity index (χ0v) is 14.2. The second-order valence-corrected chi connectivity index (χ2v) is 5.91. The van der Waals surface area contributed by atoms with Gasteiger partial charge in [-0.1, -0.05) is 6.92 Å². The van der Waals surface area contributed by atoms with Crippen LogP contribution < -0.4 is 10.6 Å². The molecule has 0 aliphatic rings. The Morgan fingerprint density at radius 2 is 2.20 bits per heavy atom. The number of aryl methyl sites for hydroxylation is 1. The van der Waals surface area contributed by atoms with E-state index >= 15 is 0 Å². The van der Waals surface area contributed by atoms with Gasteiger partial charge in [0.25, 0.3) is 0 Å². The molecule has 25 heavy (non-hydrogen) atoms. The number of fused-ring (bicyclic) bond motifs is 1. The van der Waals surface area contributed by atoms with Crippen molar-refractivity contribution in [3.05, 3.63) is 48.2 Å². The molecular formula is C18H21N3O4. The minimum absolute atomic E-state index is 0.234. The summed E-state index contributed by atoms with van der Waals surface area (Å²) in [6, 6.07) is 8.14. The first-order valence-corrected chi connectivity index (χ1v) is 8.23. The summed E-state index contributed by atoms with van der Waals surface area (Å²) in [6.45, 7) is 3.79. The maximum Gasteiger partial charge on any atom is 0.319 e. The van der Waals surface area contributed by atoms with E-state index < -0.39 is 6.10 Å². The number of amides is 2. The van der Waals surface area contributed by atoms with Gasteiger partial charge in [-0.3, -0.25) is 0 Å². The first-order valence-electron chi connectivity index (χ1n) is 8.23. The minimum Gasteiger partial charge on any atom is -0.467 e. The van der Waals surface area contributed by atoms with E-state index in [1.807, 2.05) is 13.8 Å². The third-order valence-electron chi connectivity index (χ3n) is 3.82. The second kappa shape index (κ2) is 7.40. The number of carbonyl (C=O) groups excluding carboxylic acids is 1. The van der Waals surface area contributed by atoms with Gasteiger partial charge in [0.1, 0.15) is 17.4 Å². The smallest absolute Gasteiger partial charge is 0.319 e. The molecule has 0 unspecified atom stereocenters. The summed E-state index contributed by atoms with van der Waals surface area (Å²) in [5.41, 5.74) is 2.02. The number of hydrogen-bond acceptors (Lipinski definition) is 5. The van der Waals surface area contributed by atoms with Gasteiger partial charge in [0.15, 0.2) is 11.5 Å². The molecule has 2 atom stereocenters. The number of hydrogen-bond donors (Lipinski definition) is 3. The predicted molar refractivity (Wildman–Crippen MR) is 93.3 cm³/mol. The van der Waals surface area contributed by atoms with Crippen molar-refractivity contribution in [3.63, 3.8) is 0 Å². The van der Waals surface area contributed by atoms with Crippen LogP contribution in [0.4, 0.5) is 10.5 Å². The first kappa shape index (κ1) is 17.0. The van der Waals surface area contributed by atoms with Crippen LogP contribution >= 0.6 is 0 Å². The van der Waals surface area contributed by atoms with Crippen LogP contribution in [0.3, 0.4) is 0 Å². The molecule has 3 N–H and O–H groups in total. The van der Waals surface area contributed by atoms with Crippen molar-refractivity contribution in [2.75, 3.05) is 5.32 Å². The molecule has 3 rings (SSSR count). The molecule has 7 nitrogen and oxygen atoms in total. The number of nitrogens with one attached hydrogen (secondary N) is 2. The minimum atomic E-state index is -0.760. The standard InChI is InChI=1S/C18H21N3O4/c1-3-17-21-13-10-12(6-7-15(13)25-17)20-18(23)19-11(2)9-14(22)16-5-4-8-24-16/h4-8,10-11,14,22H,3,9H2,1-2H3,(H2,19,20,23)/t11-,14-/m0/s1. The molecule has 0 saturated heterocycles. The van der Waals surface area contributed by atoms with E-state index in [2.05, 4.69) is 15.6 Å². The maximum absolute atomic E-state index is 12.1. The number of anilines is 1. The van der Waals surface area contributed by atoms with Gasteiger partial charge in [-0.2, -0.15) is 0 Å². The summed E-state index contributed by atoms with van der Waals surface area (Å²) in [7, 11) is 0. The SMILES string of the molecule is CCc1nc2cc(NC(=O)N[C@@H](C)C[C@H](O)c3ccco3)ccc2o1. The van der Waals surface area contributed by atoms with Crippen molar-refractivity contribution in [2.45, 2.75) is 38.8 Å². The molecule has 1 aromatic carbocycles. The van der Waals surface area contributed by atoms with Crippen LogP contribution in [-0.2, 0) is 6.42 Å². The highest BCUT2D eigenvalue weighted by atomic mass is 16.4. The quantitative estimate of drug-likeness (QED) is 0.635. The lowest BCUT2D eigenvalue weighted by Crippen LogP contribution is -2.37. The van der Waals surface area contributed by atoms with Crippen LogP contribution in [0.5, 0.6) is 0 Å². The molecule has 0 aliphatic carbocycles. The Morgan fingerprint density at radius 3 is 2.92 bits per heavy atom. The Kier molecular flexibility index (Phi) is 5.04. The number of furan rings is 1. The van der Waals surface area contributed by atoms with Crippen molar-refractivity contribution in [1.82, 2.24) is 10.3 Å². The summed E-state index contributed by atoms with van der Waals surface area (Å²) in [4.78, 5) is 16.5. The van der Waals surface area contributed by atoms with E-state index in [9.17, 15) is 9.90 Å². The lowest BCUT2D eigenvalue weighted by molar-refractivity contribution is 0.130. The molecule has 7 heteroatoms. The van der Waals surface area contributed by atoms with Crippen molar-refractivity contribution >= 4 is 22.8 Å². The number of aliphatic hydroxyl groups excluding tert-OH is 1. The third-order valence-corrected chi connectivity index (χ3v) is 3.82. The lowest BCUT2D eigenvalue weighted by Gasteiger charge is -2.17. The number of benzene rings is 1. The molecule has 0 saturated carbocycles. The highest BCUT2D eigenvalue weighted by Crippen LogP contribution is 2.21. The molecule has 0 bridgehead atoms. The number of carbonyl (C=O) groups is 1. The van der Waals surface area contributed by atoms with Crippen molar-refractivity contribution in [2.24, 2.45) is 0 Å². The maximum atomic E-state index is 12.1. The van der Waals surface area contributed by atoms with Gasteiger partial charge in [0, 0.05) is 24.6 Å². The van der Waals surface area contributed by atoms with Gasteiger partial charge in [-0.25, -0.2) is 9.78 Å². The summed E-state index contributed by atoms with van der Waals surface area (Å²) in [6.07, 6.45) is 1.81. The Morgan fingerprint density at radius 1 is 1.36 bits per heavy atom. The number of aromatic nitrogens is 1. The molecule has 2 amide bonds. The Balaban J connectivity index is 1.56. The molecule has 3 aromatic rings. The van der Waals surface area contributed by atoms with Crippen LogP contribution in [0.1, 0.15) is 38.0 Å². The van der Waals surface area contributed by atoms with E-state index in [-0.39, 0.29) is 12.1 Å². The zero-order valence-electron chi connectivity index (χ0n) is 14.2. The molecule has 0 aliphatic heterocycles. The number of oxazole rings is 1. The number of urea groups is 1. The first-order chi connectivity index (χ1) is 12.0. The van der Waals surface area contributed by atoms with E-state index in [4.69, 9.17) is 8.83 Å². The van der Waals surface area contributed by atoms with Crippen molar-refractivity contribution in [1.29, 1.82) is 0 Å². The Hall–Kier alpha value is -2.80. The topological polar surface area (TPSA) is 101 Å².